The largest absolute Gasteiger partial charge is 0.394 e. The van der Waals surface area contributed by atoms with Crippen molar-refractivity contribution < 1.29 is 15.0 Å². The lowest BCUT2D eigenvalue weighted by atomic mass is 9.89. The summed E-state index contributed by atoms with van der Waals surface area (Å²) in [6, 6.07) is 7.18. The molecule has 130 valence electrons. The summed E-state index contributed by atoms with van der Waals surface area (Å²) in [4.78, 5) is 12.6. The molecule has 1 aromatic heterocycles. The fourth-order valence-corrected chi connectivity index (χ4v) is 2.34. The Hall–Kier alpha value is -2.18. The highest BCUT2D eigenvalue weighted by molar-refractivity contribution is 5.95. The zero-order valence-electron chi connectivity index (χ0n) is 14.6. The zero-order valence-corrected chi connectivity index (χ0v) is 14.6. The molecule has 1 amide bonds. The van der Waals surface area contributed by atoms with Gasteiger partial charge in [0.05, 0.1) is 36.2 Å². The zero-order chi connectivity index (χ0) is 17.9. The van der Waals surface area contributed by atoms with E-state index in [4.69, 9.17) is 10.2 Å². The monoisotopic (exact) mass is 331 g/mol. The molecule has 2 aromatic rings. The average molecular weight is 331 g/mol. The molecule has 0 radical (unpaired) electrons. The van der Waals surface area contributed by atoms with E-state index in [0.717, 1.165) is 11.3 Å². The molecule has 0 saturated carbocycles. The first-order valence-corrected chi connectivity index (χ1v) is 7.96. The topological polar surface area (TPSA) is 87.4 Å². The van der Waals surface area contributed by atoms with Crippen LogP contribution in [0, 0.1) is 6.92 Å². The molecule has 0 aliphatic heterocycles. The Balaban J connectivity index is 2.42. The molecule has 0 aliphatic carbocycles. The lowest BCUT2D eigenvalue weighted by molar-refractivity contribution is 0.0877. The number of rotatable bonds is 5. The van der Waals surface area contributed by atoms with Gasteiger partial charge in [-0.2, -0.15) is 5.10 Å². The quantitative estimate of drug-likeness (QED) is 0.776. The van der Waals surface area contributed by atoms with Crippen molar-refractivity contribution in [2.75, 3.05) is 13.2 Å². The maximum Gasteiger partial charge on any atom is 0.255 e. The number of aliphatic hydroxyl groups excluding tert-OH is 2. The summed E-state index contributed by atoms with van der Waals surface area (Å²) in [7, 11) is 0. The van der Waals surface area contributed by atoms with Gasteiger partial charge < -0.3 is 15.5 Å². The molecule has 24 heavy (non-hydrogen) atoms. The van der Waals surface area contributed by atoms with Crippen LogP contribution in [0.2, 0.25) is 0 Å². The third kappa shape index (κ3) is 4.01. The van der Waals surface area contributed by atoms with Crippen LogP contribution in [0.25, 0.3) is 5.69 Å². The molecule has 0 aliphatic rings. The first-order valence-electron chi connectivity index (χ1n) is 7.96. The Morgan fingerprint density at radius 1 is 1.21 bits per heavy atom. The number of amides is 1. The molecule has 3 N–H and O–H groups in total. The second-order valence-electron chi connectivity index (χ2n) is 6.96. The number of aliphatic hydroxyl groups is 2. The van der Waals surface area contributed by atoms with Gasteiger partial charge in [-0.3, -0.25) is 4.79 Å². The summed E-state index contributed by atoms with van der Waals surface area (Å²) < 4.78 is 1.68. The van der Waals surface area contributed by atoms with Crippen LogP contribution in [-0.2, 0) is 5.41 Å². The Kier molecular flexibility index (Phi) is 5.41. The molecule has 0 atom stereocenters. The Bertz CT molecular complexity index is 695. The molecule has 0 bridgehead atoms. The lowest BCUT2D eigenvalue weighted by Gasteiger charge is -2.18. The van der Waals surface area contributed by atoms with Crippen LogP contribution in [-0.4, -0.2) is 45.2 Å². The van der Waals surface area contributed by atoms with E-state index < -0.39 is 6.04 Å². The van der Waals surface area contributed by atoms with Crippen molar-refractivity contribution in [3.63, 3.8) is 0 Å². The highest BCUT2D eigenvalue weighted by Gasteiger charge is 2.27. The smallest absolute Gasteiger partial charge is 0.255 e. The average Bonchev–Trinajstić information content (AvgIpc) is 2.98. The molecule has 0 unspecified atom stereocenters. The SMILES string of the molecule is Cc1ccc(-n2cc(C(=O)NC(CO)CO)c(C(C)(C)C)n2)cc1. The summed E-state index contributed by atoms with van der Waals surface area (Å²) in [6.45, 7) is 7.33. The molecule has 0 saturated heterocycles. The van der Waals surface area contributed by atoms with Crippen molar-refractivity contribution in [3.8, 4) is 5.69 Å². The number of aromatic nitrogens is 2. The van der Waals surface area contributed by atoms with E-state index >= 15 is 0 Å². The van der Waals surface area contributed by atoms with Crippen LogP contribution in [0.3, 0.4) is 0 Å². The standard InChI is InChI=1S/C18H25N3O3/c1-12-5-7-14(8-6-12)21-9-15(16(20-21)18(2,3)4)17(24)19-13(10-22)11-23/h5-9,13,22-23H,10-11H2,1-4H3,(H,19,24). The van der Waals surface area contributed by atoms with Gasteiger partial charge in [0.15, 0.2) is 0 Å². The second kappa shape index (κ2) is 7.15. The molecular weight excluding hydrogens is 306 g/mol. The van der Waals surface area contributed by atoms with Gasteiger partial charge in [0.25, 0.3) is 5.91 Å². The summed E-state index contributed by atoms with van der Waals surface area (Å²) in [5.74, 6) is -0.355. The first kappa shape index (κ1) is 18.2. The van der Waals surface area contributed by atoms with Gasteiger partial charge in [0.2, 0.25) is 0 Å². The fourth-order valence-electron chi connectivity index (χ4n) is 2.34. The molecule has 0 spiro atoms. The summed E-state index contributed by atoms with van der Waals surface area (Å²) in [5.41, 5.74) is 2.79. The lowest BCUT2D eigenvalue weighted by Crippen LogP contribution is -2.40. The molecule has 6 heteroatoms. The van der Waals surface area contributed by atoms with Gasteiger partial charge in [-0.05, 0) is 19.1 Å². The predicted molar refractivity (Wildman–Crippen MR) is 92.4 cm³/mol. The highest BCUT2D eigenvalue weighted by Crippen LogP contribution is 2.25. The van der Waals surface area contributed by atoms with Crippen molar-refractivity contribution in [1.29, 1.82) is 0 Å². The van der Waals surface area contributed by atoms with Crippen LogP contribution in [0.5, 0.6) is 0 Å². The van der Waals surface area contributed by atoms with Crippen LogP contribution in [0.15, 0.2) is 30.5 Å². The number of nitrogens with one attached hydrogen (secondary N) is 1. The van der Waals surface area contributed by atoms with Crippen LogP contribution >= 0.6 is 0 Å². The van der Waals surface area contributed by atoms with E-state index in [2.05, 4.69) is 10.4 Å². The van der Waals surface area contributed by atoms with E-state index in [0.29, 0.717) is 11.3 Å². The van der Waals surface area contributed by atoms with E-state index in [1.807, 2.05) is 52.0 Å². The maximum atomic E-state index is 12.6. The Morgan fingerprint density at radius 3 is 2.29 bits per heavy atom. The molecule has 0 fully saturated rings. The minimum atomic E-state index is -0.687. The predicted octanol–water partition coefficient (Wildman–Crippen LogP) is 1.56. The van der Waals surface area contributed by atoms with E-state index in [-0.39, 0.29) is 24.5 Å². The van der Waals surface area contributed by atoms with Crippen molar-refractivity contribution >= 4 is 5.91 Å². The third-order valence-corrected chi connectivity index (χ3v) is 3.74. The maximum absolute atomic E-state index is 12.6. The molecule has 6 nitrogen and oxygen atoms in total. The minimum Gasteiger partial charge on any atom is -0.394 e. The van der Waals surface area contributed by atoms with Crippen molar-refractivity contribution in [1.82, 2.24) is 15.1 Å². The number of hydrogen-bond acceptors (Lipinski definition) is 4. The molecule has 1 aromatic carbocycles. The fraction of sp³-hybridized carbons (Fsp3) is 0.444. The van der Waals surface area contributed by atoms with Crippen molar-refractivity contribution in [2.24, 2.45) is 0 Å². The van der Waals surface area contributed by atoms with Gasteiger partial charge in [-0.25, -0.2) is 4.68 Å². The van der Waals surface area contributed by atoms with E-state index in [1.165, 1.54) is 0 Å². The van der Waals surface area contributed by atoms with Crippen molar-refractivity contribution in [3.05, 3.63) is 47.3 Å². The summed E-state index contributed by atoms with van der Waals surface area (Å²) in [6.07, 6.45) is 1.69. The van der Waals surface area contributed by atoms with E-state index in [9.17, 15) is 4.79 Å². The van der Waals surface area contributed by atoms with Crippen molar-refractivity contribution in [2.45, 2.75) is 39.2 Å². The number of aryl methyl sites for hydroxylation is 1. The second-order valence-corrected chi connectivity index (χ2v) is 6.96. The number of carbonyl (C=O) groups is 1. The van der Waals surface area contributed by atoms with Crippen LogP contribution in [0.1, 0.15) is 42.4 Å². The summed E-state index contributed by atoms with van der Waals surface area (Å²) >= 11 is 0. The minimum absolute atomic E-state index is 0.320. The normalized spacial score (nSPS) is 11.8. The van der Waals surface area contributed by atoms with Crippen LogP contribution in [0.4, 0.5) is 0 Å². The number of hydrogen-bond donors (Lipinski definition) is 3. The Labute approximate surface area is 142 Å². The van der Waals surface area contributed by atoms with Gasteiger partial charge >= 0.3 is 0 Å². The van der Waals surface area contributed by atoms with Gasteiger partial charge in [-0.1, -0.05) is 38.5 Å². The van der Waals surface area contributed by atoms with Crippen LogP contribution < -0.4 is 5.32 Å². The van der Waals surface area contributed by atoms with Gasteiger partial charge in [-0.15, -0.1) is 0 Å². The number of carbonyl (C=O) groups excluding carboxylic acids is 1. The molecular formula is C18H25N3O3. The summed E-state index contributed by atoms with van der Waals surface area (Å²) in [5, 5.41) is 25.5. The van der Waals surface area contributed by atoms with Gasteiger partial charge in [0.1, 0.15) is 0 Å². The van der Waals surface area contributed by atoms with Gasteiger partial charge in [0, 0.05) is 11.6 Å². The number of nitrogens with zero attached hydrogens (tertiary/aromatic N) is 2. The van der Waals surface area contributed by atoms with E-state index in [1.54, 1.807) is 10.9 Å². The molecule has 1 heterocycles. The Morgan fingerprint density at radius 2 is 1.79 bits per heavy atom. The third-order valence-electron chi connectivity index (χ3n) is 3.74. The first-order chi connectivity index (χ1) is 11.3. The molecule has 2 rings (SSSR count). The number of benzene rings is 1. The highest BCUT2D eigenvalue weighted by atomic mass is 16.3.